The van der Waals surface area contributed by atoms with E-state index >= 15 is 0 Å². The molecule has 2 aromatic rings. The summed E-state index contributed by atoms with van der Waals surface area (Å²) in [5, 5.41) is 10.7. The second-order valence-electron chi connectivity index (χ2n) is 7.90. The van der Waals surface area contributed by atoms with Crippen LogP contribution in [-0.2, 0) is 36.9 Å². The lowest BCUT2D eigenvalue weighted by Gasteiger charge is -2.28. The van der Waals surface area contributed by atoms with E-state index < -0.39 is 36.5 Å². The molecule has 0 unspecified atom stereocenters. The van der Waals surface area contributed by atoms with Gasteiger partial charge in [-0.15, -0.1) is 0 Å². The van der Waals surface area contributed by atoms with Gasteiger partial charge in [0.15, 0.2) is 12.1 Å². The zero-order valence-electron chi connectivity index (χ0n) is 16.8. The largest absolute Gasteiger partial charge is 0.388 e. The molecule has 2 saturated heterocycles. The molecule has 2 aliphatic rings. The molecule has 0 spiro atoms. The van der Waals surface area contributed by atoms with Crippen molar-refractivity contribution >= 4 is 0 Å². The van der Waals surface area contributed by atoms with Crippen LogP contribution in [0.2, 0.25) is 0 Å². The Morgan fingerprint density at radius 3 is 2.21 bits per heavy atom. The fourth-order valence-corrected chi connectivity index (χ4v) is 3.74. The molecule has 0 bridgehead atoms. The smallest absolute Gasteiger partial charge is 0.190 e. The quantitative estimate of drug-likeness (QED) is 0.735. The van der Waals surface area contributed by atoms with Gasteiger partial charge in [-0.2, -0.15) is 0 Å². The summed E-state index contributed by atoms with van der Waals surface area (Å²) in [4.78, 5) is 0. The maximum Gasteiger partial charge on any atom is 0.190 e. The molecule has 6 nitrogen and oxygen atoms in total. The van der Waals surface area contributed by atoms with Gasteiger partial charge >= 0.3 is 0 Å². The third-order valence-corrected chi connectivity index (χ3v) is 5.09. The number of fused-ring (bicyclic) bond motifs is 1. The summed E-state index contributed by atoms with van der Waals surface area (Å²) < 4.78 is 29.7. The van der Waals surface area contributed by atoms with Gasteiger partial charge in [0.25, 0.3) is 0 Å². The molecule has 29 heavy (non-hydrogen) atoms. The highest BCUT2D eigenvalue weighted by molar-refractivity contribution is 5.14. The highest BCUT2D eigenvalue weighted by Gasteiger charge is 2.57. The lowest BCUT2D eigenvalue weighted by Crippen LogP contribution is -2.44. The van der Waals surface area contributed by atoms with Gasteiger partial charge in [0.05, 0.1) is 19.8 Å². The predicted molar refractivity (Wildman–Crippen MR) is 106 cm³/mol. The summed E-state index contributed by atoms with van der Waals surface area (Å²) in [5.74, 6) is -0.747. The first kappa shape index (κ1) is 20.5. The average Bonchev–Trinajstić information content (AvgIpc) is 3.19. The zero-order chi connectivity index (χ0) is 20.3. The monoisotopic (exact) mass is 400 g/mol. The van der Waals surface area contributed by atoms with E-state index in [-0.39, 0.29) is 6.61 Å². The fraction of sp³-hybridized carbons (Fsp3) is 0.478. The lowest BCUT2D eigenvalue weighted by atomic mass is 10.1. The van der Waals surface area contributed by atoms with Crippen LogP contribution in [0.4, 0.5) is 0 Å². The third kappa shape index (κ3) is 5.04. The van der Waals surface area contributed by atoms with Gasteiger partial charge in [-0.25, -0.2) is 0 Å². The van der Waals surface area contributed by atoms with Gasteiger partial charge < -0.3 is 28.8 Å². The molecule has 0 amide bonds. The van der Waals surface area contributed by atoms with E-state index in [1.165, 1.54) is 0 Å². The molecule has 2 aromatic carbocycles. The van der Waals surface area contributed by atoms with E-state index in [0.717, 1.165) is 11.1 Å². The number of ether oxygens (including phenoxy) is 5. The Morgan fingerprint density at radius 2 is 1.55 bits per heavy atom. The van der Waals surface area contributed by atoms with Gasteiger partial charge in [-0.1, -0.05) is 60.7 Å². The SMILES string of the molecule is CC1(C)O[C@@H]2O[C@H]([C@H](O)COCc3ccccc3)[C@@H](OCc3ccccc3)[C@@H]2O1. The first-order valence-corrected chi connectivity index (χ1v) is 9.98. The predicted octanol–water partition coefficient (Wildman–Crippen LogP) is 3.03. The number of benzene rings is 2. The summed E-state index contributed by atoms with van der Waals surface area (Å²) >= 11 is 0. The van der Waals surface area contributed by atoms with Crippen molar-refractivity contribution in [2.24, 2.45) is 0 Å². The highest BCUT2D eigenvalue weighted by Crippen LogP contribution is 2.40. The first-order chi connectivity index (χ1) is 14.0. The second-order valence-corrected chi connectivity index (χ2v) is 7.90. The standard InChI is InChI=1S/C23H28O6/c1-23(2)28-21-20(26-14-17-11-7-4-8-12-17)19(27-22(21)29-23)18(24)15-25-13-16-9-5-3-6-10-16/h3-12,18-22,24H,13-15H2,1-2H3/t18-,19-,20-,21+,22+/m1/s1. The zero-order valence-corrected chi connectivity index (χ0v) is 16.8. The maximum atomic E-state index is 10.7. The van der Waals surface area contributed by atoms with Gasteiger partial charge in [-0.05, 0) is 25.0 Å². The molecule has 5 atom stereocenters. The van der Waals surface area contributed by atoms with Crippen molar-refractivity contribution in [2.45, 2.75) is 63.6 Å². The van der Waals surface area contributed by atoms with Crippen molar-refractivity contribution in [1.82, 2.24) is 0 Å². The van der Waals surface area contributed by atoms with E-state index in [0.29, 0.717) is 13.2 Å². The van der Waals surface area contributed by atoms with Crippen LogP contribution in [0.1, 0.15) is 25.0 Å². The van der Waals surface area contributed by atoms with Crippen LogP contribution in [0.15, 0.2) is 60.7 Å². The Morgan fingerprint density at radius 1 is 0.931 bits per heavy atom. The van der Waals surface area contributed by atoms with Crippen molar-refractivity contribution in [2.75, 3.05) is 6.61 Å². The van der Waals surface area contributed by atoms with E-state index in [9.17, 15) is 5.11 Å². The van der Waals surface area contributed by atoms with Crippen LogP contribution in [0.5, 0.6) is 0 Å². The second kappa shape index (κ2) is 8.92. The molecule has 2 fully saturated rings. The molecular formula is C23H28O6. The van der Waals surface area contributed by atoms with E-state index in [1.807, 2.05) is 74.5 Å². The summed E-state index contributed by atoms with van der Waals surface area (Å²) in [6.07, 6.45) is -2.89. The number of aliphatic hydroxyl groups excluding tert-OH is 1. The van der Waals surface area contributed by atoms with Gasteiger partial charge in [-0.3, -0.25) is 0 Å². The van der Waals surface area contributed by atoms with Crippen molar-refractivity contribution in [3.8, 4) is 0 Å². The van der Waals surface area contributed by atoms with E-state index in [1.54, 1.807) is 0 Å². The average molecular weight is 400 g/mol. The van der Waals surface area contributed by atoms with Crippen LogP contribution >= 0.6 is 0 Å². The van der Waals surface area contributed by atoms with Crippen LogP contribution in [-0.4, -0.2) is 48.2 Å². The number of aliphatic hydroxyl groups is 1. The summed E-state index contributed by atoms with van der Waals surface area (Å²) in [5.41, 5.74) is 2.09. The molecule has 2 heterocycles. The fourth-order valence-electron chi connectivity index (χ4n) is 3.74. The Hall–Kier alpha value is -1.80. The number of rotatable bonds is 8. The molecule has 0 radical (unpaired) electrons. The Balaban J connectivity index is 1.38. The summed E-state index contributed by atoms with van der Waals surface area (Å²) in [6, 6.07) is 19.7. The molecule has 0 saturated carbocycles. The normalized spacial score (nSPS) is 28.9. The van der Waals surface area contributed by atoms with Crippen LogP contribution < -0.4 is 0 Å². The van der Waals surface area contributed by atoms with Crippen LogP contribution in [0.25, 0.3) is 0 Å². The van der Waals surface area contributed by atoms with Crippen molar-refractivity contribution < 1.29 is 28.8 Å². The van der Waals surface area contributed by atoms with Gasteiger partial charge in [0.2, 0.25) is 0 Å². The maximum absolute atomic E-state index is 10.7. The van der Waals surface area contributed by atoms with E-state index in [4.69, 9.17) is 23.7 Å². The first-order valence-electron chi connectivity index (χ1n) is 9.98. The third-order valence-electron chi connectivity index (χ3n) is 5.09. The molecule has 1 N–H and O–H groups in total. The number of hydrogen-bond acceptors (Lipinski definition) is 6. The van der Waals surface area contributed by atoms with Gasteiger partial charge in [0, 0.05) is 0 Å². The molecular weight excluding hydrogens is 372 g/mol. The van der Waals surface area contributed by atoms with Crippen LogP contribution in [0.3, 0.4) is 0 Å². The van der Waals surface area contributed by atoms with Crippen molar-refractivity contribution in [3.05, 3.63) is 71.8 Å². The Kier molecular flexibility index (Phi) is 6.29. The highest BCUT2D eigenvalue weighted by atomic mass is 16.8. The summed E-state index contributed by atoms with van der Waals surface area (Å²) in [6.45, 7) is 4.64. The molecule has 156 valence electrons. The molecule has 4 rings (SSSR count). The lowest BCUT2D eigenvalue weighted by molar-refractivity contribution is -0.233. The minimum Gasteiger partial charge on any atom is -0.388 e. The van der Waals surface area contributed by atoms with Crippen LogP contribution in [0, 0.1) is 0 Å². The molecule has 6 heteroatoms. The molecule has 0 aromatic heterocycles. The Bertz CT molecular complexity index is 765. The Labute approximate surface area is 171 Å². The van der Waals surface area contributed by atoms with Crippen molar-refractivity contribution in [3.63, 3.8) is 0 Å². The summed E-state index contributed by atoms with van der Waals surface area (Å²) in [7, 11) is 0. The molecule has 0 aliphatic carbocycles. The van der Waals surface area contributed by atoms with Crippen molar-refractivity contribution in [1.29, 1.82) is 0 Å². The minimum atomic E-state index is -0.861. The van der Waals surface area contributed by atoms with Gasteiger partial charge in [0.1, 0.15) is 24.4 Å². The number of hydrogen-bond donors (Lipinski definition) is 1. The topological polar surface area (TPSA) is 66.4 Å². The minimum absolute atomic E-state index is 0.133. The molecule has 2 aliphatic heterocycles. The van der Waals surface area contributed by atoms with E-state index in [2.05, 4.69) is 0 Å².